The summed E-state index contributed by atoms with van der Waals surface area (Å²) in [5.74, 6) is -0.948. The zero-order valence-electron chi connectivity index (χ0n) is 7.41. The first kappa shape index (κ1) is 10.1. The van der Waals surface area contributed by atoms with Crippen LogP contribution in [0.15, 0.2) is 5.38 Å². The number of aryl methyl sites for hydroxylation is 1. The van der Waals surface area contributed by atoms with Crippen molar-refractivity contribution >= 4 is 17.3 Å². The first-order valence-electron chi connectivity index (χ1n) is 4.06. The Kier molecular flexibility index (Phi) is 3.85. The molecule has 0 fully saturated rings. The molecule has 1 heterocycles. The smallest absolute Gasteiger partial charge is 0.355 e. The molecular weight excluding hydrogens is 188 g/mol. The molecular formula is C8H12N2O2S. The second kappa shape index (κ2) is 4.94. The van der Waals surface area contributed by atoms with Gasteiger partial charge in [0.1, 0.15) is 0 Å². The van der Waals surface area contributed by atoms with Gasteiger partial charge in [-0.05, 0) is 20.0 Å². The van der Waals surface area contributed by atoms with Gasteiger partial charge in [0.25, 0.3) is 0 Å². The van der Waals surface area contributed by atoms with Crippen LogP contribution in [0.4, 0.5) is 0 Å². The van der Waals surface area contributed by atoms with Gasteiger partial charge in [-0.25, -0.2) is 9.78 Å². The van der Waals surface area contributed by atoms with Crippen molar-refractivity contribution in [3.63, 3.8) is 0 Å². The van der Waals surface area contributed by atoms with E-state index >= 15 is 0 Å². The van der Waals surface area contributed by atoms with Crippen molar-refractivity contribution in [2.75, 3.05) is 13.6 Å². The molecule has 0 aliphatic rings. The van der Waals surface area contributed by atoms with Crippen LogP contribution in [0.5, 0.6) is 0 Å². The van der Waals surface area contributed by atoms with E-state index in [1.165, 1.54) is 11.3 Å². The van der Waals surface area contributed by atoms with Crippen LogP contribution in [0, 0.1) is 0 Å². The Morgan fingerprint density at radius 1 is 1.77 bits per heavy atom. The highest BCUT2D eigenvalue weighted by atomic mass is 32.1. The van der Waals surface area contributed by atoms with E-state index in [1.807, 2.05) is 7.05 Å². The fraction of sp³-hybridized carbons (Fsp3) is 0.500. The van der Waals surface area contributed by atoms with Crippen LogP contribution in [0.25, 0.3) is 0 Å². The molecule has 0 aliphatic heterocycles. The Hall–Kier alpha value is -0.940. The van der Waals surface area contributed by atoms with Gasteiger partial charge in [0.2, 0.25) is 0 Å². The molecule has 4 nitrogen and oxygen atoms in total. The molecule has 1 rings (SSSR count). The van der Waals surface area contributed by atoms with E-state index in [9.17, 15) is 4.79 Å². The van der Waals surface area contributed by atoms with Gasteiger partial charge in [0.05, 0.1) is 5.01 Å². The summed E-state index contributed by atoms with van der Waals surface area (Å²) in [6.07, 6.45) is 1.84. The molecule has 2 N–H and O–H groups in total. The number of carboxylic acid groups (broad SMARTS) is 1. The number of nitrogens with zero attached hydrogens (tertiary/aromatic N) is 1. The summed E-state index contributed by atoms with van der Waals surface area (Å²) in [6, 6.07) is 0. The van der Waals surface area contributed by atoms with Crippen LogP contribution in [-0.4, -0.2) is 29.7 Å². The number of carbonyl (C=O) groups is 1. The molecule has 1 aromatic heterocycles. The van der Waals surface area contributed by atoms with Crippen LogP contribution in [0.3, 0.4) is 0 Å². The minimum absolute atomic E-state index is 0.157. The van der Waals surface area contributed by atoms with Crippen LogP contribution < -0.4 is 5.32 Å². The molecule has 72 valence electrons. The number of hydrogen-bond donors (Lipinski definition) is 2. The minimum Gasteiger partial charge on any atom is -0.476 e. The molecule has 0 saturated heterocycles. The van der Waals surface area contributed by atoms with Crippen LogP contribution in [0.1, 0.15) is 21.9 Å². The lowest BCUT2D eigenvalue weighted by atomic mass is 10.3. The van der Waals surface area contributed by atoms with E-state index in [0.29, 0.717) is 0 Å². The molecule has 0 saturated carbocycles. The molecule has 0 spiro atoms. The van der Waals surface area contributed by atoms with E-state index < -0.39 is 5.97 Å². The van der Waals surface area contributed by atoms with Gasteiger partial charge in [-0.1, -0.05) is 0 Å². The summed E-state index contributed by atoms with van der Waals surface area (Å²) in [5.41, 5.74) is 0.157. The summed E-state index contributed by atoms with van der Waals surface area (Å²) in [6.45, 7) is 0.933. The van der Waals surface area contributed by atoms with Gasteiger partial charge in [-0.3, -0.25) is 0 Å². The Balaban J connectivity index is 2.44. The quantitative estimate of drug-likeness (QED) is 0.696. The maximum atomic E-state index is 10.5. The molecule has 0 radical (unpaired) electrons. The van der Waals surface area contributed by atoms with Crippen molar-refractivity contribution in [3.05, 3.63) is 16.1 Å². The van der Waals surface area contributed by atoms with Gasteiger partial charge in [-0.2, -0.15) is 0 Å². The first-order valence-corrected chi connectivity index (χ1v) is 4.94. The molecule has 0 unspecified atom stereocenters. The summed E-state index contributed by atoms with van der Waals surface area (Å²) >= 11 is 1.41. The molecule has 5 heteroatoms. The number of carboxylic acids is 1. The molecule has 13 heavy (non-hydrogen) atoms. The van der Waals surface area contributed by atoms with E-state index in [2.05, 4.69) is 10.3 Å². The lowest BCUT2D eigenvalue weighted by Gasteiger charge is -1.94. The maximum absolute atomic E-state index is 10.5. The number of hydrogen-bond acceptors (Lipinski definition) is 4. The zero-order valence-corrected chi connectivity index (χ0v) is 8.23. The van der Waals surface area contributed by atoms with Crippen molar-refractivity contribution in [1.29, 1.82) is 0 Å². The largest absolute Gasteiger partial charge is 0.476 e. The Bertz CT molecular complexity index is 285. The number of rotatable bonds is 5. The standard InChI is InChI=1S/C8H12N2O2S/c1-9-4-2-3-7-10-6(5-13-7)8(11)12/h5,9H,2-4H2,1H3,(H,11,12). The van der Waals surface area contributed by atoms with E-state index in [-0.39, 0.29) is 5.69 Å². The fourth-order valence-corrected chi connectivity index (χ4v) is 1.75. The van der Waals surface area contributed by atoms with Crippen molar-refractivity contribution in [1.82, 2.24) is 10.3 Å². The van der Waals surface area contributed by atoms with E-state index in [1.54, 1.807) is 5.38 Å². The Labute approximate surface area is 80.6 Å². The lowest BCUT2D eigenvalue weighted by Crippen LogP contribution is -2.08. The highest BCUT2D eigenvalue weighted by Gasteiger charge is 2.07. The predicted octanol–water partition coefficient (Wildman–Crippen LogP) is 0.993. The summed E-state index contributed by atoms with van der Waals surface area (Å²) < 4.78 is 0. The number of nitrogens with one attached hydrogen (secondary N) is 1. The molecule has 0 aromatic carbocycles. The molecule has 0 bridgehead atoms. The van der Waals surface area contributed by atoms with Gasteiger partial charge >= 0.3 is 5.97 Å². The van der Waals surface area contributed by atoms with Crippen molar-refractivity contribution < 1.29 is 9.90 Å². The number of aromatic nitrogens is 1. The van der Waals surface area contributed by atoms with E-state index in [0.717, 1.165) is 24.4 Å². The van der Waals surface area contributed by atoms with Gasteiger partial charge in [-0.15, -0.1) is 11.3 Å². The Morgan fingerprint density at radius 2 is 2.54 bits per heavy atom. The van der Waals surface area contributed by atoms with Gasteiger partial charge < -0.3 is 10.4 Å². The van der Waals surface area contributed by atoms with Gasteiger partial charge in [0.15, 0.2) is 5.69 Å². The highest BCUT2D eigenvalue weighted by molar-refractivity contribution is 7.09. The highest BCUT2D eigenvalue weighted by Crippen LogP contribution is 2.11. The molecule has 0 atom stereocenters. The third-order valence-corrected chi connectivity index (χ3v) is 2.50. The normalized spacial score (nSPS) is 10.2. The Morgan fingerprint density at radius 3 is 3.08 bits per heavy atom. The van der Waals surface area contributed by atoms with Crippen LogP contribution in [-0.2, 0) is 6.42 Å². The summed E-state index contributed by atoms with van der Waals surface area (Å²) in [5, 5.41) is 14.1. The van der Waals surface area contributed by atoms with Crippen molar-refractivity contribution in [2.45, 2.75) is 12.8 Å². The summed E-state index contributed by atoms with van der Waals surface area (Å²) in [4.78, 5) is 14.4. The molecule has 1 aromatic rings. The molecule has 0 amide bonds. The average Bonchev–Trinajstić information content (AvgIpc) is 2.53. The van der Waals surface area contributed by atoms with Crippen LogP contribution in [0.2, 0.25) is 0 Å². The third-order valence-electron chi connectivity index (χ3n) is 1.59. The van der Waals surface area contributed by atoms with Crippen molar-refractivity contribution in [3.8, 4) is 0 Å². The number of aromatic carboxylic acids is 1. The van der Waals surface area contributed by atoms with E-state index in [4.69, 9.17) is 5.11 Å². The maximum Gasteiger partial charge on any atom is 0.355 e. The van der Waals surface area contributed by atoms with Gasteiger partial charge in [0, 0.05) is 11.8 Å². The first-order chi connectivity index (χ1) is 6.24. The summed E-state index contributed by atoms with van der Waals surface area (Å²) in [7, 11) is 1.89. The predicted molar refractivity (Wildman–Crippen MR) is 51.3 cm³/mol. The van der Waals surface area contributed by atoms with Crippen LogP contribution >= 0.6 is 11.3 Å². The minimum atomic E-state index is -0.948. The number of thiazole rings is 1. The monoisotopic (exact) mass is 200 g/mol. The fourth-order valence-electron chi connectivity index (χ4n) is 0.940. The second-order valence-corrected chi connectivity index (χ2v) is 3.58. The average molecular weight is 200 g/mol. The SMILES string of the molecule is CNCCCc1nc(C(=O)O)cs1. The molecule has 0 aliphatic carbocycles. The topological polar surface area (TPSA) is 62.2 Å². The lowest BCUT2D eigenvalue weighted by molar-refractivity contribution is 0.0691. The van der Waals surface area contributed by atoms with Crippen molar-refractivity contribution in [2.24, 2.45) is 0 Å². The third kappa shape index (κ3) is 3.12. The second-order valence-electron chi connectivity index (χ2n) is 2.64. The zero-order chi connectivity index (χ0) is 9.68.